The van der Waals surface area contributed by atoms with Gasteiger partial charge in [0.2, 0.25) is 5.91 Å². The van der Waals surface area contributed by atoms with E-state index in [4.69, 9.17) is 9.47 Å². The molecule has 1 aliphatic heterocycles. The Morgan fingerprint density at radius 3 is 2.39 bits per heavy atom. The van der Waals surface area contributed by atoms with Crippen LogP contribution in [0.5, 0.6) is 5.75 Å². The van der Waals surface area contributed by atoms with Gasteiger partial charge < -0.3 is 19.7 Å². The molecule has 0 saturated carbocycles. The number of carbonyl (C=O) groups excluding carboxylic acids is 3. The van der Waals surface area contributed by atoms with Crippen molar-refractivity contribution in [1.29, 1.82) is 0 Å². The van der Waals surface area contributed by atoms with Crippen LogP contribution in [-0.2, 0) is 19.1 Å². The Morgan fingerprint density at radius 1 is 1.04 bits per heavy atom. The zero-order valence-electron chi connectivity index (χ0n) is 15.0. The van der Waals surface area contributed by atoms with E-state index in [1.165, 1.54) is 24.3 Å². The van der Waals surface area contributed by atoms with Crippen molar-refractivity contribution in [3.8, 4) is 5.75 Å². The first kappa shape index (κ1) is 19.3. The maximum absolute atomic E-state index is 12.8. The van der Waals surface area contributed by atoms with Crippen molar-refractivity contribution < 1.29 is 28.2 Å². The standard InChI is InChI=1S/C20H19FN2O5/c21-14-3-9-17(10-4-14)27-13-20(26)28-12-18(24)22-15-5-7-16(8-6-15)23-11-1-2-19(23)25/h3-10H,1-2,11-13H2,(H,22,24). The summed E-state index contributed by atoms with van der Waals surface area (Å²) < 4.78 is 22.8. The van der Waals surface area contributed by atoms with E-state index in [-0.39, 0.29) is 5.91 Å². The van der Waals surface area contributed by atoms with E-state index in [0.717, 1.165) is 12.1 Å². The number of esters is 1. The molecule has 2 amide bonds. The molecule has 2 aromatic carbocycles. The van der Waals surface area contributed by atoms with Gasteiger partial charge in [-0.15, -0.1) is 0 Å². The second-order valence-corrected chi connectivity index (χ2v) is 6.15. The van der Waals surface area contributed by atoms with Gasteiger partial charge in [0.1, 0.15) is 11.6 Å². The van der Waals surface area contributed by atoms with Gasteiger partial charge in [-0.05, 0) is 55.0 Å². The molecule has 2 aromatic rings. The molecule has 3 rings (SSSR count). The first-order valence-corrected chi connectivity index (χ1v) is 8.75. The lowest BCUT2D eigenvalue weighted by atomic mass is 10.2. The molecular formula is C20H19FN2O5. The third-order valence-corrected chi connectivity index (χ3v) is 4.07. The van der Waals surface area contributed by atoms with E-state index in [0.29, 0.717) is 24.4 Å². The van der Waals surface area contributed by atoms with Crippen molar-refractivity contribution in [1.82, 2.24) is 0 Å². The number of halogens is 1. The van der Waals surface area contributed by atoms with E-state index in [2.05, 4.69) is 5.32 Å². The molecule has 0 atom stereocenters. The summed E-state index contributed by atoms with van der Waals surface area (Å²) in [5.41, 5.74) is 1.31. The molecule has 8 heteroatoms. The van der Waals surface area contributed by atoms with Crippen molar-refractivity contribution in [2.75, 3.05) is 30.0 Å². The van der Waals surface area contributed by atoms with Crippen molar-refractivity contribution >= 4 is 29.2 Å². The average molecular weight is 386 g/mol. The number of nitrogens with zero attached hydrogens (tertiary/aromatic N) is 1. The summed E-state index contributed by atoms with van der Waals surface area (Å²) in [6, 6.07) is 12.0. The minimum absolute atomic E-state index is 0.0894. The van der Waals surface area contributed by atoms with Gasteiger partial charge in [0.25, 0.3) is 5.91 Å². The number of carbonyl (C=O) groups is 3. The van der Waals surface area contributed by atoms with Gasteiger partial charge >= 0.3 is 5.97 Å². The minimum Gasteiger partial charge on any atom is -0.482 e. The zero-order valence-corrected chi connectivity index (χ0v) is 15.0. The average Bonchev–Trinajstić information content (AvgIpc) is 3.12. The van der Waals surface area contributed by atoms with Crippen LogP contribution >= 0.6 is 0 Å². The number of nitrogens with one attached hydrogen (secondary N) is 1. The molecule has 1 aliphatic rings. The Bertz CT molecular complexity index is 852. The van der Waals surface area contributed by atoms with Gasteiger partial charge in [-0.3, -0.25) is 9.59 Å². The predicted molar refractivity (Wildman–Crippen MR) is 99.5 cm³/mol. The smallest absolute Gasteiger partial charge is 0.344 e. The highest BCUT2D eigenvalue weighted by molar-refractivity contribution is 5.96. The van der Waals surface area contributed by atoms with E-state index in [1.807, 2.05) is 0 Å². The molecule has 0 radical (unpaired) electrons. The number of hydrogen-bond acceptors (Lipinski definition) is 5. The van der Waals surface area contributed by atoms with Gasteiger partial charge in [-0.2, -0.15) is 0 Å². The van der Waals surface area contributed by atoms with Crippen molar-refractivity contribution in [3.05, 3.63) is 54.3 Å². The van der Waals surface area contributed by atoms with Crippen molar-refractivity contribution in [3.63, 3.8) is 0 Å². The molecule has 1 fully saturated rings. The van der Waals surface area contributed by atoms with E-state index >= 15 is 0 Å². The highest BCUT2D eigenvalue weighted by Gasteiger charge is 2.21. The summed E-state index contributed by atoms with van der Waals surface area (Å²) in [5, 5.41) is 2.60. The summed E-state index contributed by atoms with van der Waals surface area (Å²) in [6.45, 7) is -0.157. The molecule has 0 spiro atoms. The molecule has 146 valence electrons. The van der Waals surface area contributed by atoms with Gasteiger partial charge in [-0.1, -0.05) is 0 Å². The quantitative estimate of drug-likeness (QED) is 0.739. The van der Waals surface area contributed by atoms with Crippen molar-refractivity contribution in [2.45, 2.75) is 12.8 Å². The number of anilines is 2. The van der Waals surface area contributed by atoms with Crippen LogP contribution in [0.25, 0.3) is 0 Å². The largest absolute Gasteiger partial charge is 0.482 e. The minimum atomic E-state index is -0.720. The first-order valence-electron chi connectivity index (χ1n) is 8.75. The first-order chi connectivity index (χ1) is 13.5. The number of ether oxygens (including phenoxy) is 2. The molecule has 0 bridgehead atoms. The highest BCUT2D eigenvalue weighted by atomic mass is 19.1. The topological polar surface area (TPSA) is 84.9 Å². The summed E-state index contributed by atoms with van der Waals surface area (Å²) in [5.74, 6) is -1.22. The summed E-state index contributed by atoms with van der Waals surface area (Å²) in [6.07, 6.45) is 1.39. The number of benzene rings is 2. The molecule has 1 N–H and O–H groups in total. The van der Waals surface area contributed by atoms with Gasteiger partial charge in [0.15, 0.2) is 13.2 Å². The molecular weight excluding hydrogens is 367 g/mol. The Morgan fingerprint density at radius 2 is 1.75 bits per heavy atom. The lowest BCUT2D eigenvalue weighted by molar-refractivity contribution is -0.149. The fourth-order valence-electron chi connectivity index (χ4n) is 2.70. The lowest BCUT2D eigenvalue weighted by Crippen LogP contribution is -2.24. The van der Waals surface area contributed by atoms with Crippen LogP contribution in [0.4, 0.5) is 15.8 Å². The van der Waals surface area contributed by atoms with Crippen LogP contribution in [0.15, 0.2) is 48.5 Å². The predicted octanol–water partition coefficient (Wildman–Crippen LogP) is 2.51. The Labute approximate surface area is 161 Å². The Balaban J connectivity index is 1.40. The lowest BCUT2D eigenvalue weighted by Gasteiger charge is -2.16. The summed E-state index contributed by atoms with van der Waals surface area (Å²) >= 11 is 0. The molecule has 0 aromatic heterocycles. The maximum Gasteiger partial charge on any atom is 0.344 e. The fraction of sp³-hybridized carbons (Fsp3) is 0.250. The molecule has 1 heterocycles. The van der Waals surface area contributed by atoms with E-state index in [9.17, 15) is 18.8 Å². The summed E-state index contributed by atoms with van der Waals surface area (Å²) in [7, 11) is 0. The number of rotatable bonds is 7. The molecule has 0 unspecified atom stereocenters. The molecule has 7 nitrogen and oxygen atoms in total. The van der Waals surface area contributed by atoms with E-state index < -0.39 is 30.9 Å². The fourth-order valence-corrected chi connectivity index (χ4v) is 2.70. The van der Waals surface area contributed by atoms with E-state index in [1.54, 1.807) is 29.2 Å². The van der Waals surface area contributed by atoms with Gasteiger partial charge in [0.05, 0.1) is 0 Å². The van der Waals surface area contributed by atoms with Gasteiger partial charge in [0, 0.05) is 24.3 Å². The van der Waals surface area contributed by atoms with Crippen LogP contribution in [-0.4, -0.2) is 37.5 Å². The summed E-state index contributed by atoms with van der Waals surface area (Å²) in [4.78, 5) is 36.9. The Kier molecular flexibility index (Phi) is 6.21. The van der Waals surface area contributed by atoms with Crippen molar-refractivity contribution in [2.24, 2.45) is 0 Å². The number of amides is 2. The normalized spacial score (nSPS) is 13.3. The third-order valence-electron chi connectivity index (χ3n) is 4.07. The van der Waals surface area contributed by atoms with Crippen LogP contribution in [0, 0.1) is 5.82 Å². The van der Waals surface area contributed by atoms with Crippen LogP contribution in [0.3, 0.4) is 0 Å². The van der Waals surface area contributed by atoms with Gasteiger partial charge in [-0.25, -0.2) is 9.18 Å². The third kappa shape index (κ3) is 5.29. The second-order valence-electron chi connectivity index (χ2n) is 6.15. The van der Waals surface area contributed by atoms with Crippen LogP contribution in [0.2, 0.25) is 0 Å². The monoisotopic (exact) mass is 386 g/mol. The Hall–Kier alpha value is -3.42. The SMILES string of the molecule is O=C(COC(=O)COc1ccc(F)cc1)Nc1ccc(N2CCCC2=O)cc1. The zero-order chi connectivity index (χ0) is 19.9. The van der Waals surface area contributed by atoms with Crippen LogP contribution in [0.1, 0.15) is 12.8 Å². The second kappa shape index (κ2) is 8.98. The highest BCUT2D eigenvalue weighted by Crippen LogP contribution is 2.23. The number of hydrogen-bond donors (Lipinski definition) is 1. The maximum atomic E-state index is 12.8. The molecule has 1 saturated heterocycles. The molecule has 28 heavy (non-hydrogen) atoms. The molecule has 0 aliphatic carbocycles. The van der Waals surface area contributed by atoms with Crippen LogP contribution < -0.4 is 15.0 Å².